The summed E-state index contributed by atoms with van der Waals surface area (Å²) < 4.78 is 0. The predicted molar refractivity (Wildman–Crippen MR) is 63.4 cm³/mol. The van der Waals surface area contributed by atoms with E-state index in [4.69, 9.17) is 0 Å². The second kappa shape index (κ2) is 4.92. The molecule has 0 aliphatic carbocycles. The third kappa shape index (κ3) is 2.69. The average molecular weight is 262 g/mol. The molecular formula is C11H8N3O3S-. The van der Waals surface area contributed by atoms with Crippen molar-refractivity contribution in [3.8, 4) is 0 Å². The maximum absolute atomic E-state index is 11.8. The summed E-state index contributed by atoms with van der Waals surface area (Å²) in [6.45, 7) is 1.77. The van der Waals surface area contributed by atoms with Gasteiger partial charge in [0.1, 0.15) is 5.01 Å². The Labute approximate surface area is 106 Å². The molecule has 2 aromatic rings. The van der Waals surface area contributed by atoms with E-state index in [1.165, 1.54) is 35.6 Å². The van der Waals surface area contributed by atoms with Crippen molar-refractivity contribution in [1.82, 2.24) is 10.2 Å². The molecular weight excluding hydrogens is 254 g/mol. The average Bonchev–Trinajstić information content (AvgIpc) is 2.75. The van der Waals surface area contributed by atoms with Gasteiger partial charge in [-0.25, -0.2) is 0 Å². The number of amides is 1. The van der Waals surface area contributed by atoms with Crippen LogP contribution in [0.3, 0.4) is 0 Å². The van der Waals surface area contributed by atoms with Gasteiger partial charge in [-0.1, -0.05) is 23.5 Å². The van der Waals surface area contributed by atoms with Gasteiger partial charge in [-0.05, 0) is 24.6 Å². The minimum absolute atomic E-state index is 0.0453. The number of carboxylic acids is 1. The van der Waals surface area contributed by atoms with Gasteiger partial charge in [0, 0.05) is 5.56 Å². The van der Waals surface area contributed by atoms with Crippen molar-refractivity contribution < 1.29 is 14.7 Å². The van der Waals surface area contributed by atoms with Gasteiger partial charge in [0.2, 0.25) is 5.13 Å². The minimum atomic E-state index is -1.32. The van der Waals surface area contributed by atoms with Gasteiger partial charge < -0.3 is 9.90 Å². The monoisotopic (exact) mass is 262 g/mol. The maximum atomic E-state index is 11.8. The lowest BCUT2D eigenvalue weighted by Crippen LogP contribution is -2.23. The molecule has 0 spiro atoms. The summed E-state index contributed by atoms with van der Waals surface area (Å²) >= 11 is 1.24. The second-order valence-corrected chi connectivity index (χ2v) is 4.63. The lowest BCUT2D eigenvalue weighted by Gasteiger charge is -2.05. The van der Waals surface area contributed by atoms with Gasteiger partial charge in [0.15, 0.2) is 0 Å². The van der Waals surface area contributed by atoms with Crippen molar-refractivity contribution in [1.29, 1.82) is 0 Å². The number of carbonyl (C=O) groups excluding carboxylic acids is 2. The third-order valence-electron chi connectivity index (χ3n) is 2.11. The van der Waals surface area contributed by atoms with Gasteiger partial charge in [-0.15, -0.1) is 10.2 Å². The van der Waals surface area contributed by atoms with Crippen molar-refractivity contribution >= 4 is 28.3 Å². The molecule has 18 heavy (non-hydrogen) atoms. The van der Waals surface area contributed by atoms with Gasteiger partial charge >= 0.3 is 0 Å². The summed E-state index contributed by atoms with van der Waals surface area (Å²) in [6, 6.07) is 5.60. The second-order valence-electron chi connectivity index (χ2n) is 3.45. The van der Waals surface area contributed by atoms with E-state index in [1.807, 2.05) is 0 Å². The number of hydrogen-bond donors (Lipinski definition) is 1. The Hall–Kier alpha value is -2.28. The molecule has 1 amide bonds. The Kier molecular flexibility index (Phi) is 3.33. The Morgan fingerprint density at radius 2 is 2.00 bits per heavy atom. The van der Waals surface area contributed by atoms with Crippen LogP contribution in [0.1, 0.15) is 25.7 Å². The third-order valence-corrected chi connectivity index (χ3v) is 2.86. The molecule has 2 rings (SSSR count). The van der Waals surface area contributed by atoms with E-state index < -0.39 is 11.9 Å². The first-order valence-electron chi connectivity index (χ1n) is 4.99. The van der Waals surface area contributed by atoms with Gasteiger partial charge in [-0.2, -0.15) is 0 Å². The molecule has 0 bridgehead atoms. The lowest BCUT2D eigenvalue weighted by molar-refractivity contribution is -0.255. The predicted octanol–water partition coefficient (Wildman–Crippen LogP) is 0.462. The van der Waals surface area contributed by atoms with Crippen LogP contribution in [-0.4, -0.2) is 22.1 Å². The van der Waals surface area contributed by atoms with Crippen molar-refractivity contribution in [2.45, 2.75) is 6.92 Å². The number of rotatable bonds is 3. The Morgan fingerprint density at radius 3 is 2.61 bits per heavy atom. The summed E-state index contributed by atoms with van der Waals surface area (Å²) in [5.74, 6) is -1.76. The minimum Gasteiger partial charge on any atom is -0.545 e. The number of anilines is 1. The number of nitrogens with one attached hydrogen (secondary N) is 1. The summed E-state index contributed by atoms with van der Waals surface area (Å²) in [5.41, 5.74) is 0.181. The van der Waals surface area contributed by atoms with E-state index in [1.54, 1.807) is 6.92 Å². The smallest absolute Gasteiger partial charge is 0.257 e. The zero-order valence-corrected chi connectivity index (χ0v) is 10.2. The molecule has 1 aromatic carbocycles. The molecule has 7 heteroatoms. The van der Waals surface area contributed by atoms with Crippen LogP contribution in [0.2, 0.25) is 0 Å². The van der Waals surface area contributed by atoms with Crippen molar-refractivity contribution in [3.05, 3.63) is 40.4 Å². The van der Waals surface area contributed by atoms with Crippen LogP contribution in [0.25, 0.3) is 0 Å². The zero-order valence-electron chi connectivity index (χ0n) is 9.34. The van der Waals surface area contributed by atoms with E-state index in [0.29, 0.717) is 5.13 Å². The number of nitrogens with zero attached hydrogens (tertiary/aromatic N) is 2. The number of benzene rings is 1. The Balaban J connectivity index is 2.18. The van der Waals surface area contributed by atoms with Crippen LogP contribution in [0, 0.1) is 6.92 Å². The topological polar surface area (TPSA) is 95.0 Å². The van der Waals surface area contributed by atoms with Gasteiger partial charge in [0.05, 0.1) is 5.97 Å². The van der Waals surface area contributed by atoms with Crippen molar-refractivity contribution in [2.75, 3.05) is 5.32 Å². The number of aromatic carboxylic acids is 1. The van der Waals surface area contributed by atoms with Crippen LogP contribution in [0.15, 0.2) is 24.3 Å². The molecule has 0 atom stereocenters. The molecule has 6 nitrogen and oxygen atoms in total. The summed E-state index contributed by atoms with van der Waals surface area (Å²) in [4.78, 5) is 22.5. The van der Waals surface area contributed by atoms with E-state index in [0.717, 1.165) is 5.01 Å². The Morgan fingerprint density at radius 1 is 1.28 bits per heavy atom. The van der Waals surface area contributed by atoms with E-state index in [2.05, 4.69) is 15.5 Å². The number of hydrogen-bond acceptors (Lipinski definition) is 6. The molecule has 92 valence electrons. The van der Waals surface area contributed by atoms with Crippen LogP contribution < -0.4 is 10.4 Å². The van der Waals surface area contributed by atoms with Crippen LogP contribution in [0.5, 0.6) is 0 Å². The Bertz CT molecular complexity index is 609. The molecule has 1 N–H and O–H groups in total. The number of carbonyl (C=O) groups is 2. The van der Waals surface area contributed by atoms with Gasteiger partial charge in [-0.3, -0.25) is 10.1 Å². The highest BCUT2D eigenvalue weighted by Crippen LogP contribution is 2.15. The summed E-state index contributed by atoms with van der Waals surface area (Å²) in [7, 11) is 0. The standard InChI is InChI=1S/C11H9N3O3S/c1-6-13-14-11(18-6)12-9(15)7-3-2-4-8(5-7)10(16)17/h2-5H,1H3,(H,16,17)(H,12,14,15)/p-1. The molecule has 1 heterocycles. The fourth-order valence-electron chi connectivity index (χ4n) is 1.30. The molecule has 0 unspecified atom stereocenters. The number of aromatic nitrogens is 2. The molecule has 0 fully saturated rings. The molecule has 1 aromatic heterocycles. The highest BCUT2D eigenvalue weighted by Gasteiger charge is 2.09. The first-order valence-corrected chi connectivity index (χ1v) is 5.81. The molecule has 0 aliphatic heterocycles. The molecule has 0 saturated heterocycles. The van der Waals surface area contributed by atoms with Crippen molar-refractivity contribution in [3.63, 3.8) is 0 Å². The summed E-state index contributed by atoms with van der Waals surface area (Å²) in [6.07, 6.45) is 0. The highest BCUT2D eigenvalue weighted by molar-refractivity contribution is 7.15. The quantitative estimate of drug-likeness (QED) is 0.867. The number of aryl methyl sites for hydroxylation is 1. The van der Waals surface area contributed by atoms with E-state index in [-0.39, 0.29) is 11.1 Å². The largest absolute Gasteiger partial charge is 0.545 e. The molecule has 0 radical (unpaired) electrons. The van der Waals surface area contributed by atoms with E-state index >= 15 is 0 Å². The van der Waals surface area contributed by atoms with Crippen LogP contribution in [-0.2, 0) is 0 Å². The summed E-state index contributed by atoms with van der Waals surface area (Å²) in [5, 5.41) is 21.8. The first kappa shape index (κ1) is 12.2. The lowest BCUT2D eigenvalue weighted by atomic mass is 10.1. The van der Waals surface area contributed by atoms with Crippen LogP contribution >= 0.6 is 11.3 Å². The number of carboxylic acid groups (broad SMARTS) is 1. The maximum Gasteiger partial charge on any atom is 0.257 e. The highest BCUT2D eigenvalue weighted by atomic mass is 32.1. The van der Waals surface area contributed by atoms with E-state index in [9.17, 15) is 14.7 Å². The normalized spacial score (nSPS) is 10.1. The fraction of sp³-hybridized carbons (Fsp3) is 0.0909. The van der Waals surface area contributed by atoms with Crippen molar-refractivity contribution in [2.24, 2.45) is 0 Å². The zero-order chi connectivity index (χ0) is 13.1. The molecule has 0 saturated carbocycles. The van der Waals surface area contributed by atoms with Gasteiger partial charge in [0.25, 0.3) is 5.91 Å². The SMILES string of the molecule is Cc1nnc(NC(=O)c2cccc(C(=O)[O-])c2)s1. The van der Waals surface area contributed by atoms with Crippen LogP contribution in [0.4, 0.5) is 5.13 Å². The molecule has 0 aliphatic rings. The first-order chi connectivity index (χ1) is 8.56. The fourth-order valence-corrected chi connectivity index (χ4v) is 1.89.